The minimum absolute atomic E-state index is 0.0539. The molecule has 6 heteroatoms. The second-order valence-corrected chi connectivity index (χ2v) is 4.87. The lowest BCUT2D eigenvalue weighted by atomic mass is 9.86. The number of nitrogens with zero attached hydrogens (tertiary/aromatic N) is 1. The Morgan fingerprint density at radius 1 is 1.56 bits per heavy atom. The van der Waals surface area contributed by atoms with E-state index in [1.807, 2.05) is 0 Å². The van der Waals surface area contributed by atoms with Crippen LogP contribution in [0.25, 0.3) is 0 Å². The lowest BCUT2D eigenvalue weighted by Gasteiger charge is -2.35. The molecule has 0 aromatic heterocycles. The van der Waals surface area contributed by atoms with Crippen molar-refractivity contribution in [1.29, 1.82) is 0 Å². The highest BCUT2D eigenvalue weighted by Crippen LogP contribution is 2.28. The Kier molecular flexibility index (Phi) is 3.73. The summed E-state index contributed by atoms with van der Waals surface area (Å²) in [6.07, 6.45) is -0.400. The van der Waals surface area contributed by atoms with Crippen LogP contribution in [0.3, 0.4) is 0 Å². The van der Waals surface area contributed by atoms with Crippen molar-refractivity contribution in [2.75, 3.05) is 13.1 Å². The maximum atomic E-state index is 13.4. The lowest BCUT2D eigenvalue weighted by molar-refractivity contribution is 0.126. The zero-order chi connectivity index (χ0) is 13.3. The van der Waals surface area contributed by atoms with E-state index in [2.05, 4.69) is 0 Å². The number of carboxylic acid groups (broad SMARTS) is 1. The Bertz CT molecular complexity index is 469. The van der Waals surface area contributed by atoms with Crippen molar-refractivity contribution in [2.45, 2.75) is 18.4 Å². The summed E-state index contributed by atoms with van der Waals surface area (Å²) in [6.45, 7) is 0.709. The van der Waals surface area contributed by atoms with E-state index >= 15 is 0 Å². The van der Waals surface area contributed by atoms with Gasteiger partial charge in [0.2, 0.25) is 0 Å². The fourth-order valence-corrected chi connectivity index (χ4v) is 2.36. The van der Waals surface area contributed by atoms with Crippen LogP contribution in [0.1, 0.15) is 17.9 Å². The molecule has 3 N–H and O–H groups in total. The minimum atomic E-state index is -0.971. The van der Waals surface area contributed by atoms with Gasteiger partial charge in [0.05, 0.1) is 5.02 Å². The summed E-state index contributed by atoms with van der Waals surface area (Å²) in [6, 6.07) is 4.33. The van der Waals surface area contributed by atoms with E-state index in [0.29, 0.717) is 18.5 Å². The molecule has 1 aliphatic rings. The monoisotopic (exact) mass is 272 g/mol. The van der Waals surface area contributed by atoms with Crippen molar-refractivity contribution in [1.82, 2.24) is 4.90 Å². The van der Waals surface area contributed by atoms with Gasteiger partial charge < -0.3 is 15.7 Å². The molecule has 1 aromatic rings. The first kappa shape index (κ1) is 13.1. The molecular weight excluding hydrogens is 259 g/mol. The average molecular weight is 273 g/mol. The van der Waals surface area contributed by atoms with Gasteiger partial charge in [-0.2, -0.15) is 0 Å². The lowest BCUT2D eigenvalue weighted by Crippen LogP contribution is -2.47. The smallest absolute Gasteiger partial charge is 0.407 e. The van der Waals surface area contributed by atoms with Crippen LogP contribution in [0.15, 0.2) is 18.2 Å². The number of amides is 1. The summed E-state index contributed by atoms with van der Waals surface area (Å²) in [5, 5.41) is 9.03. The molecule has 0 aliphatic carbocycles. The number of hydrogen-bond donors (Lipinski definition) is 2. The maximum Gasteiger partial charge on any atom is 0.407 e. The molecule has 1 aliphatic heterocycles. The van der Waals surface area contributed by atoms with Crippen molar-refractivity contribution in [3.05, 3.63) is 34.6 Å². The quantitative estimate of drug-likeness (QED) is 0.824. The number of halogens is 2. The van der Waals surface area contributed by atoms with Crippen molar-refractivity contribution >= 4 is 17.7 Å². The van der Waals surface area contributed by atoms with Gasteiger partial charge in [0.25, 0.3) is 0 Å². The highest BCUT2D eigenvalue weighted by molar-refractivity contribution is 6.30. The van der Waals surface area contributed by atoms with Gasteiger partial charge >= 0.3 is 6.09 Å². The Morgan fingerprint density at radius 2 is 2.28 bits per heavy atom. The molecule has 2 atom stereocenters. The maximum absolute atomic E-state index is 13.4. The van der Waals surface area contributed by atoms with E-state index in [0.717, 1.165) is 0 Å². The molecule has 18 heavy (non-hydrogen) atoms. The summed E-state index contributed by atoms with van der Waals surface area (Å²) >= 11 is 5.62. The molecule has 1 amide bonds. The third kappa shape index (κ3) is 2.57. The van der Waals surface area contributed by atoms with Gasteiger partial charge in [0, 0.05) is 25.0 Å². The van der Waals surface area contributed by atoms with E-state index in [4.69, 9.17) is 22.4 Å². The third-order valence-corrected chi connectivity index (χ3v) is 3.62. The number of benzene rings is 1. The summed E-state index contributed by atoms with van der Waals surface area (Å²) in [5.41, 5.74) is 6.68. The van der Waals surface area contributed by atoms with Crippen LogP contribution in [0, 0.1) is 5.82 Å². The fourth-order valence-electron chi connectivity index (χ4n) is 2.24. The number of carbonyl (C=O) groups is 1. The molecule has 0 spiro atoms. The Morgan fingerprint density at radius 3 is 2.89 bits per heavy atom. The number of nitrogens with two attached hydrogens (primary N) is 1. The molecule has 4 nitrogen and oxygen atoms in total. The first-order chi connectivity index (χ1) is 8.49. The van der Waals surface area contributed by atoms with E-state index in [1.54, 1.807) is 6.07 Å². The van der Waals surface area contributed by atoms with E-state index in [-0.39, 0.29) is 23.5 Å². The van der Waals surface area contributed by atoms with Crippen LogP contribution in [0.2, 0.25) is 5.02 Å². The van der Waals surface area contributed by atoms with E-state index in [9.17, 15) is 9.18 Å². The topological polar surface area (TPSA) is 66.6 Å². The first-order valence-electron chi connectivity index (χ1n) is 5.67. The van der Waals surface area contributed by atoms with E-state index in [1.165, 1.54) is 17.0 Å². The van der Waals surface area contributed by atoms with Gasteiger partial charge in [-0.05, 0) is 24.1 Å². The van der Waals surface area contributed by atoms with Crippen LogP contribution in [0.4, 0.5) is 9.18 Å². The van der Waals surface area contributed by atoms with Crippen LogP contribution >= 0.6 is 11.6 Å². The van der Waals surface area contributed by atoms with Crippen LogP contribution in [-0.2, 0) is 0 Å². The molecule has 98 valence electrons. The number of rotatable bonds is 1. The van der Waals surface area contributed by atoms with Gasteiger partial charge in [-0.3, -0.25) is 0 Å². The van der Waals surface area contributed by atoms with Gasteiger partial charge in [-0.1, -0.05) is 17.7 Å². The van der Waals surface area contributed by atoms with Crippen LogP contribution < -0.4 is 5.73 Å². The summed E-state index contributed by atoms with van der Waals surface area (Å²) in [4.78, 5) is 12.3. The average Bonchev–Trinajstić information content (AvgIpc) is 2.33. The van der Waals surface area contributed by atoms with E-state index < -0.39 is 11.9 Å². The highest BCUT2D eigenvalue weighted by Gasteiger charge is 2.30. The van der Waals surface area contributed by atoms with Gasteiger partial charge in [0.1, 0.15) is 5.82 Å². The largest absolute Gasteiger partial charge is 0.465 e. The van der Waals surface area contributed by atoms with Crippen molar-refractivity contribution in [3.8, 4) is 0 Å². The molecule has 2 rings (SSSR count). The van der Waals surface area contributed by atoms with Crippen molar-refractivity contribution in [2.24, 2.45) is 5.73 Å². The van der Waals surface area contributed by atoms with Crippen molar-refractivity contribution < 1.29 is 14.3 Å². The first-order valence-corrected chi connectivity index (χ1v) is 6.05. The summed E-state index contributed by atoms with van der Waals surface area (Å²) < 4.78 is 13.4. The third-order valence-electron chi connectivity index (χ3n) is 3.31. The molecule has 1 aromatic carbocycles. The second kappa shape index (κ2) is 5.12. The highest BCUT2D eigenvalue weighted by atomic mass is 35.5. The van der Waals surface area contributed by atoms with Gasteiger partial charge in [0.15, 0.2) is 0 Å². The zero-order valence-electron chi connectivity index (χ0n) is 9.64. The molecular formula is C12H14ClFN2O2. The standard InChI is InChI=1S/C12H14ClFN2O2/c13-9-2-1-7(5-10(9)14)8-6-16(12(17)18)4-3-11(8)15/h1-2,5,8,11H,3-4,6,15H2,(H,17,18). The Labute approximate surface area is 109 Å². The van der Waals surface area contributed by atoms with Gasteiger partial charge in [-0.15, -0.1) is 0 Å². The molecule has 2 unspecified atom stereocenters. The summed E-state index contributed by atoms with van der Waals surface area (Å²) in [5.74, 6) is -0.699. The van der Waals surface area contributed by atoms with Crippen LogP contribution in [-0.4, -0.2) is 35.2 Å². The Hall–Kier alpha value is -1.33. The summed E-state index contributed by atoms with van der Waals surface area (Å²) in [7, 11) is 0. The normalized spacial score (nSPS) is 24.1. The fraction of sp³-hybridized carbons (Fsp3) is 0.417. The number of hydrogen-bond acceptors (Lipinski definition) is 2. The Balaban J connectivity index is 2.24. The molecule has 1 heterocycles. The van der Waals surface area contributed by atoms with Gasteiger partial charge in [-0.25, -0.2) is 9.18 Å². The molecule has 0 radical (unpaired) electrons. The second-order valence-electron chi connectivity index (χ2n) is 4.46. The number of likely N-dealkylation sites (tertiary alicyclic amines) is 1. The zero-order valence-corrected chi connectivity index (χ0v) is 10.4. The predicted molar refractivity (Wildman–Crippen MR) is 66.3 cm³/mol. The van der Waals surface area contributed by atoms with Crippen molar-refractivity contribution in [3.63, 3.8) is 0 Å². The number of piperidine rings is 1. The molecule has 0 bridgehead atoms. The molecule has 0 saturated carbocycles. The predicted octanol–water partition coefficient (Wildman–Crippen LogP) is 2.27. The molecule has 1 fully saturated rings. The van der Waals surface area contributed by atoms with Crippen LogP contribution in [0.5, 0.6) is 0 Å². The molecule has 1 saturated heterocycles. The minimum Gasteiger partial charge on any atom is -0.465 e. The SMILES string of the molecule is NC1CCN(C(=O)O)CC1c1ccc(Cl)c(F)c1.